The van der Waals surface area contributed by atoms with Crippen LogP contribution in [0.1, 0.15) is 55.6 Å². The number of rotatable bonds is 6. The van der Waals surface area contributed by atoms with Crippen molar-refractivity contribution in [3.8, 4) is 11.3 Å². The summed E-state index contributed by atoms with van der Waals surface area (Å²) < 4.78 is 7.67. The molecule has 3 aromatic rings. The van der Waals surface area contributed by atoms with Crippen LogP contribution in [0, 0.1) is 12.8 Å². The lowest BCUT2D eigenvalue weighted by molar-refractivity contribution is 0.00860. The quantitative estimate of drug-likeness (QED) is 0.672. The number of pyridine rings is 1. The highest BCUT2D eigenvalue weighted by Crippen LogP contribution is 2.23. The lowest BCUT2D eigenvalue weighted by Gasteiger charge is -2.29. The Morgan fingerprint density at radius 2 is 2.07 bits per heavy atom. The van der Waals surface area contributed by atoms with Gasteiger partial charge in [0.05, 0.1) is 18.0 Å². The second-order valence-corrected chi connectivity index (χ2v) is 8.49. The molecule has 0 bridgehead atoms. The molecule has 4 rings (SSSR count). The van der Waals surface area contributed by atoms with Crippen LogP contribution in [-0.2, 0) is 4.74 Å². The largest absolute Gasteiger partial charge is 0.378 e. The van der Waals surface area contributed by atoms with Gasteiger partial charge in [-0.2, -0.15) is 5.10 Å². The smallest absolute Gasteiger partial charge is 0.256 e. The molecule has 3 heterocycles. The van der Waals surface area contributed by atoms with Crippen molar-refractivity contribution in [3.05, 3.63) is 48.0 Å². The Hall–Kier alpha value is -2.80. The van der Waals surface area contributed by atoms with Crippen LogP contribution in [-0.4, -0.2) is 44.2 Å². The minimum atomic E-state index is -0.119. The summed E-state index contributed by atoms with van der Waals surface area (Å²) >= 11 is 0. The van der Waals surface area contributed by atoms with Gasteiger partial charge in [0.15, 0.2) is 5.65 Å². The SMILES string of the molecule is Cc1cc(-c2cccnc2)nc2c(C(=O)NC3CCC(OCC(C)C)CC3)cnn12. The number of aryl methyl sites for hydroxylation is 1. The van der Waals surface area contributed by atoms with Crippen LogP contribution in [0.3, 0.4) is 0 Å². The summed E-state index contributed by atoms with van der Waals surface area (Å²) in [6.45, 7) is 7.09. The summed E-state index contributed by atoms with van der Waals surface area (Å²) in [6, 6.07) is 5.95. The summed E-state index contributed by atoms with van der Waals surface area (Å²) in [5.74, 6) is 0.428. The molecule has 0 radical (unpaired) electrons. The maximum atomic E-state index is 13.0. The third-order valence-corrected chi connectivity index (χ3v) is 5.53. The zero-order valence-electron chi connectivity index (χ0n) is 17.8. The third kappa shape index (κ3) is 4.51. The van der Waals surface area contributed by atoms with Crippen molar-refractivity contribution in [2.24, 2.45) is 5.92 Å². The van der Waals surface area contributed by atoms with Crippen molar-refractivity contribution in [3.63, 3.8) is 0 Å². The zero-order chi connectivity index (χ0) is 21.1. The first kappa shape index (κ1) is 20.5. The van der Waals surface area contributed by atoms with E-state index in [1.807, 2.05) is 25.1 Å². The molecule has 1 amide bonds. The Labute approximate surface area is 176 Å². The van der Waals surface area contributed by atoms with Gasteiger partial charge in [-0.3, -0.25) is 9.78 Å². The van der Waals surface area contributed by atoms with E-state index in [1.165, 1.54) is 0 Å². The molecule has 158 valence electrons. The van der Waals surface area contributed by atoms with Crippen LogP contribution in [0.4, 0.5) is 0 Å². The van der Waals surface area contributed by atoms with Crippen LogP contribution in [0.5, 0.6) is 0 Å². The van der Waals surface area contributed by atoms with Crippen LogP contribution in [0.2, 0.25) is 0 Å². The van der Waals surface area contributed by atoms with Gasteiger partial charge < -0.3 is 10.1 Å². The molecule has 3 aromatic heterocycles. The van der Waals surface area contributed by atoms with E-state index in [1.54, 1.807) is 23.1 Å². The zero-order valence-corrected chi connectivity index (χ0v) is 17.8. The van der Waals surface area contributed by atoms with Crippen molar-refractivity contribution >= 4 is 11.6 Å². The average Bonchev–Trinajstić information content (AvgIpc) is 3.18. The molecule has 7 nitrogen and oxygen atoms in total. The number of carbonyl (C=O) groups excluding carboxylic acids is 1. The summed E-state index contributed by atoms with van der Waals surface area (Å²) in [4.78, 5) is 21.9. The summed E-state index contributed by atoms with van der Waals surface area (Å²) in [7, 11) is 0. The minimum absolute atomic E-state index is 0.119. The van der Waals surface area contributed by atoms with E-state index in [4.69, 9.17) is 9.72 Å². The predicted molar refractivity (Wildman–Crippen MR) is 115 cm³/mol. The molecule has 1 aliphatic carbocycles. The molecular weight excluding hydrogens is 378 g/mol. The van der Waals surface area contributed by atoms with Gasteiger partial charge in [0.25, 0.3) is 5.91 Å². The first-order valence-electron chi connectivity index (χ1n) is 10.7. The fourth-order valence-corrected chi connectivity index (χ4v) is 3.90. The molecule has 0 aliphatic heterocycles. The van der Waals surface area contributed by atoms with E-state index >= 15 is 0 Å². The van der Waals surface area contributed by atoms with Crippen molar-refractivity contribution in [2.75, 3.05) is 6.61 Å². The number of nitrogens with zero attached hydrogens (tertiary/aromatic N) is 4. The molecule has 0 spiro atoms. The number of nitrogens with one attached hydrogen (secondary N) is 1. The first-order valence-corrected chi connectivity index (χ1v) is 10.7. The van der Waals surface area contributed by atoms with Gasteiger partial charge in [-0.25, -0.2) is 9.50 Å². The average molecular weight is 408 g/mol. The van der Waals surface area contributed by atoms with Gasteiger partial charge in [-0.15, -0.1) is 0 Å². The van der Waals surface area contributed by atoms with E-state index in [0.717, 1.165) is 49.2 Å². The fraction of sp³-hybridized carbons (Fsp3) is 0.478. The van der Waals surface area contributed by atoms with Gasteiger partial charge in [-0.1, -0.05) is 13.8 Å². The van der Waals surface area contributed by atoms with Crippen molar-refractivity contribution in [1.29, 1.82) is 0 Å². The normalized spacial score (nSPS) is 19.3. The van der Waals surface area contributed by atoms with E-state index in [0.29, 0.717) is 23.2 Å². The first-order chi connectivity index (χ1) is 14.5. The number of ether oxygens (including phenoxy) is 1. The number of carbonyl (C=O) groups is 1. The van der Waals surface area contributed by atoms with Gasteiger partial charge >= 0.3 is 0 Å². The molecule has 1 saturated carbocycles. The molecule has 30 heavy (non-hydrogen) atoms. The molecule has 7 heteroatoms. The van der Waals surface area contributed by atoms with Crippen LogP contribution < -0.4 is 5.32 Å². The van der Waals surface area contributed by atoms with E-state index < -0.39 is 0 Å². The van der Waals surface area contributed by atoms with Gasteiger partial charge in [0.1, 0.15) is 5.56 Å². The van der Waals surface area contributed by atoms with Crippen molar-refractivity contribution in [2.45, 2.75) is 58.6 Å². The number of aromatic nitrogens is 4. The molecule has 0 aromatic carbocycles. The Morgan fingerprint density at radius 1 is 1.27 bits per heavy atom. The molecule has 1 N–H and O–H groups in total. The number of hydrogen-bond donors (Lipinski definition) is 1. The highest BCUT2D eigenvalue weighted by molar-refractivity contribution is 6.00. The topological polar surface area (TPSA) is 81.4 Å². The standard InChI is InChI=1S/C23H29N5O2/c1-15(2)14-30-19-8-6-18(7-9-19)26-23(29)20-13-25-28-16(3)11-21(27-22(20)28)17-5-4-10-24-12-17/h4-5,10-13,15,18-19H,6-9,14H2,1-3H3,(H,26,29). The maximum Gasteiger partial charge on any atom is 0.256 e. The molecule has 0 unspecified atom stereocenters. The van der Waals surface area contributed by atoms with Crippen LogP contribution >= 0.6 is 0 Å². The molecule has 0 atom stereocenters. The van der Waals surface area contributed by atoms with Gasteiger partial charge in [0, 0.05) is 36.3 Å². The highest BCUT2D eigenvalue weighted by atomic mass is 16.5. The van der Waals surface area contributed by atoms with Crippen LogP contribution in [0.15, 0.2) is 36.8 Å². The number of fused-ring (bicyclic) bond motifs is 1. The van der Waals surface area contributed by atoms with E-state index in [9.17, 15) is 4.79 Å². The summed E-state index contributed by atoms with van der Waals surface area (Å²) in [5.41, 5.74) is 3.68. The lowest BCUT2D eigenvalue weighted by atomic mass is 9.92. The molecule has 1 fully saturated rings. The Morgan fingerprint density at radius 3 is 2.77 bits per heavy atom. The second kappa shape index (κ2) is 8.92. The van der Waals surface area contributed by atoms with Crippen LogP contribution in [0.25, 0.3) is 16.9 Å². The highest BCUT2D eigenvalue weighted by Gasteiger charge is 2.25. The second-order valence-electron chi connectivity index (χ2n) is 8.49. The molecule has 0 saturated heterocycles. The third-order valence-electron chi connectivity index (χ3n) is 5.53. The lowest BCUT2D eigenvalue weighted by Crippen LogP contribution is -2.39. The van der Waals surface area contributed by atoms with Crippen molar-refractivity contribution in [1.82, 2.24) is 24.9 Å². The predicted octanol–water partition coefficient (Wildman–Crippen LogP) is 3.81. The molecular formula is C23H29N5O2. The maximum absolute atomic E-state index is 13.0. The summed E-state index contributed by atoms with van der Waals surface area (Å²) in [6.07, 6.45) is 9.24. The Balaban J connectivity index is 1.47. The number of hydrogen-bond acceptors (Lipinski definition) is 5. The molecule has 1 aliphatic rings. The van der Waals surface area contributed by atoms with Gasteiger partial charge in [-0.05, 0) is 56.7 Å². The summed E-state index contributed by atoms with van der Waals surface area (Å²) in [5, 5.41) is 7.56. The Bertz CT molecular complexity index is 1010. The van der Waals surface area contributed by atoms with E-state index in [-0.39, 0.29) is 11.9 Å². The van der Waals surface area contributed by atoms with Crippen molar-refractivity contribution < 1.29 is 9.53 Å². The Kier molecular flexibility index (Phi) is 6.08. The minimum Gasteiger partial charge on any atom is -0.378 e. The number of amides is 1. The fourth-order valence-electron chi connectivity index (χ4n) is 3.90. The monoisotopic (exact) mass is 407 g/mol. The van der Waals surface area contributed by atoms with Gasteiger partial charge in [0.2, 0.25) is 0 Å². The van der Waals surface area contributed by atoms with E-state index in [2.05, 4.69) is 29.2 Å².